The quantitative estimate of drug-likeness (QED) is 0.771. The van der Waals surface area contributed by atoms with Crippen LogP contribution < -0.4 is 0 Å². The predicted octanol–water partition coefficient (Wildman–Crippen LogP) is 1.85. The monoisotopic (exact) mass is 282 g/mol. The Bertz CT molecular complexity index is 331. The molecule has 20 heavy (non-hydrogen) atoms. The average molecular weight is 282 g/mol. The molecule has 0 unspecified atom stereocenters. The molecule has 0 spiro atoms. The van der Waals surface area contributed by atoms with Crippen LogP contribution in [0.4, 0.5) is 0 Å². The molecule has 2 aliphatic heterocycles. The summed E-state index contributed by atoms with van der Waals surface area (Å²) in [6.45, 7) is 12.2. The zero-order valence-corrected chi connectivity index (χ0v) is 13.5. The van der Waals surface area contributed by atoms with Gasteiger partial charge in [-0.15, -0.1) is 0 Å². The molecule has 116 valence electrons. The molecule has 0 aromatic carbocycles. The SMILES string of the molecule is CC(C)CN1CCC(CN(C)C(=O)C2(C)COC2)CC1. The summed E-state index contributed by atoms with van der Waals surface area (Å²) in [7, 11) is 1.95. The molecule has 0 aromatic heterocycles. The molecular weight excluding hydrogens is 252 g/mol. The fourth-order valence-corrected chi connectivity index (χ4v) is 3.33. The van der Waals surface area contributed by atoms with E-state index in [1.54, 1.807) is 0 Å². The summed E-state index contributed by atoms with van der Waals surface area (Å²) in [6, 6.07) is 0. The van der Waals surface area contributed by atoms with Crippen molar-refractivity contribution in [2.75, 3.05) is 46.4 Å². The Morgan fingerprint density at radius 1 is 1.35 bits per heavy atom. The number of piperidine rings is 1. The fourth-order valence-electron chi connectivity index (χ4n) is 3.33. The molecule has 0 aromatic rings. The summed E-state index contributed by atoms with van der Waals surface area (Å²) in [5.74, 6) is 1.67. The zero-order valence-electron chi connectivity index (χ0n) is 13.5. The Hall–Kier alpha value is -0.610. The number of likely N-dealkylation sites (tertiary alicyclic amines) is 1. The van der Waals surface area contributed by atoms with Crippen LogP contribution in [0.1, 0.15) is 33.6 Å². The molecule has 2 saturated heterocycles. The Kier molecular flexibility index (Phi) is 5.08. The number of rotatable bonds is 5. The highest BCUT2D eigenvalue weighted by molar-refractivity contribution is 5.83. The maximum Gasteiger partial charge on any atom is 0.232 e. The molecule has 2 aliphatic rings. The molecular formula is C16H30N2O2. The van der Waals surface area contributed by atoms with Crippen molar-refractivity contribution in [1.82, 2.24) is 9.80 Å². The number of amides is 1. The Balaban J connectivity index is 1.73. The van der Waals surface area contributed by atoms with Gasteiger partial charge in [0.05, 0.1) is 18.6 Å². The van der Waals surface area contributed by atoms with E-state index in [9.17, 15) is 4.79 Å². The minimum Gasteiger partial charge on any atom is -0.379 e. The van der Waals surface area contributed by atoms with E-state index in [4.69, 9.17) is 4.74 Å². The van der Waals surface area contributed by atoms with Crippen molar-refractivity contribution in [1.29, 1.82) is 0 Å². The van der Waals surface area contributed by atoms with Crippen molar-refractivity contribution in [2.24, 2.45) is 17.3 Å². The van der Waals surface area contributed by atoms with Gasteiger partial charge in [0.1, 0.15) is 0 Å². The summed E-state index contributed by atoms with van der Waals surface area (Å²) in [5, 5.41) is 0. The number of hydrogen-bond donors (Lipinski definition) is 0. The third-order valence-corrected chi connectivity index (χ3v) is 4.57. The van der Waals surface area contributed by atoms with Crippen molar-refractivity contribution >= 4 is 5.91 Å². The number of carbonyl (C=O) groups excluding carboxylic acids is 1. The van der Waals surface area contributed by atoms with Crippen LogP contribution in [0.5, 0.6) is 0 Å². The van der Waals surface area contributed by atoms with Gasteiger partial charge in [0.2, 0.25) is 5.91 Å². The Morgan fingerprint density at radius 3 is 2.40 bits per heavy atom. The van der Waals surface area contributed by atoms with Crippen LogP contribution in [0.25, 0.3) is 0 Å². The van der Waals surface area contributed by atoms with E-state index >= 15 is 0 Å². The van der Waals surface area contributed by atoms with E-state index in [1.807, 2.05) is 18.9 Å². The van der Waals surface area contributed by atoms with Gasteiger partial charge in [-0.3, -0.25) is 4.79 Å². The van der Waals surface area contributed by atoms with Crippen molar-refractivity contribution in [3.05, 3.63) is 0 Å². The fraction of sp³-hybridized carbons (Fsp3) is 0.938. The lowest BCUT2D eigenvalue weighted by molar-refractivity contribution is -0.168. The highest BCUT2D eigenvalue weighted by Gasteiger charge is 2.43. The Morgan fingerprint density at radius 2 is 1.95 bits per heavy atom. The molecule has 0 N–H and O–H groups in total. The molecule has 0 bridgehead atoms. The van der Waals surface area contributed by atoms with Gasteiger partial charge in [0, 0.05) is 20.1 Å². The van der Waals surface area contributed by atoms with Crippen LogP contribution >= 0.6 is 0 Å². The van der Waals surface area contributed by atoms with Crippen molar-refractivity contribution in [3.63, 3.8) is 0 Å². The summed E-state index contributed by atoms with van der Waals surface area (Å²) in [6.07, 6.45) is 2.44. The van der Waals surface area contributed by atoms with E-state index in [0.717, 1.165) is 12.5 Å². The van der Waals surface area contributed by atoms with Crippen molar-refractivity contribution in [3.8, 4) is 0 Å². The van der Waals surface area contributed by atoms with Crippen molar-refractivity contribution in [2.45, 2.75) is 33.6 Å². The zero-order chi connectivity index (χ0) is 14.8. The lowest BCUT2D eigenvalue weighted by Gasteiger charge is -2.41. The van der Waals surface area contributed by atoms with E-state index < -0.39 is 0 Å². The van der Waals surface area contributed by atoms with E-state index in [1.165, 1.54) is 32.5 Å². The largest absolute Gasteiger partial charge is 0.379 e. The van der Waals surface area contributed by atoms with Crippen LogP contribution in [0, 0.1) is 17.3 Å². The van der Waals surface area contributed by atoms with Crippen LogP contribution in [-0.4, -0.2) is 62.1 Å². The van der Waals surface area contributed by atoms with E-state index in [-0.39, 0.29) is 11.3 Å². The number of nitrogens with zero attached hydrogens (tertiary/aromatic N) is 2. The maximum absolute atomic E-state index is 12.4. The smallest absolute Gasteiger partial charge is 0.232 e. The van der Waals surface area contributed by atoms with Gasteiger partial charge in [-0.2, -0.15) is 0 Å². The van der Waals surface area contributed by atoms with Gasteiger partial charge >= 0.3 is 0 Å². The van der Waals surface area contributed by atoms with Crippen LogP contribution in [0.3, 0.4) is 0 Å². The Labute approximate surface area is 123 Å². The molecule has 0 aliphatic carbocycles. The number of hydrogen-bond acceptors (Lipinski definition) is 3. The summed E-state index contributed by atoms with van der Waals surface area (Å²) in [5.41, 5.74) is -0.257. The van der Waals surface area contributed by atoms with Gasteiger partial charge < -0.3 is 14.5 Å². The number of ether oxygens (including phenoxy) is 1. The highest BCUT2D eigenvalue weighted by Crippen LogP contribution is 2.29. The minimum absolute atomic E-state index is 0.257. The topological polar surface area (TPSA) is 32.8 Å². The maximum atomic E-state index is 12.4. The molecule has 0 radical (unpaired) electrons. The first-order chi connectivity index (χ1) is 9.40. The third-order valence-electron chi connectivity index (χ3n) is 4.57. The van der Waals surface area contributed by atoms with E-state index in [2.05, 4.69) is 18.7 Å². The lowest BCUT2D eigenvalue weighted by Crippen LogP contribution is -2.53. The lowest BCUT2D eigenvalue weighted by atomic mass is 9.86. The molecule has 0 saturated carbocycles. The van der Waals surface area contributed by atoms with Crippen molar-refractivity contribution < 1.29 is 9.53 Å². The first-order valence-electron chi connectivity index (χ1n) is 7.96. The number of carbonyl (C=O) groups is 1. The molecule has 4 heteroatoms. The second-order valence-electron chi connectivity index (χ2n) is 7.38. The molecule has 1 amide bonds. The second kappa shape index (κ2) is 6.44. The highest BCUT2D eigenvalue weighted by atomic mass is 16.5. The van der Waals surface area contributed by atoms with Gasteiger partial charge in [-0.05, 0) is 44.7 Å². The summed E-state index contributed by atoms with van der Waals surface area (Å²) < 4.78 is 5.20. The first kappa shape index (κ1) is 15.8. The molecule has 2 fully saturated rings. The second-order valence-corrected chi connectivity index (χ2v) is 7.38. The molecule has 2 rings (SSSR count). The van der Waals surface area contributed by atoms with Gasteiger partial charge in [-0.25, -0.2) is 0 Å². The van der Waals surface area contributed by atoms with E-state index in [0.29, 0.717) is 19.1 Å². The van der Waals surface area contributed by atoms with Gasteiger partial charge in [-0.1, -0.05) is 13.8 Å². The van der Waals surface area contributed by atoms with Crippen LogP contribution in [0.2, 0.25) is 0 Å². The molecule has 0 atom stereocenters. The van der Waals surface area contributed by atoms with Crippen LogP contribution in [-0.2, 0) is 9.53 Å². The third kappa shape index (κ3) is 3.73. The molecule has 2 heterocycles. The standard InChI is InChI=1S/C16H30N2O2/c1-13(2)9-18-7-5-14(6-8-18)10-17(4)15(19)16(3)11-20-12-16/h13-14H,5-12H2,1-4H3. The minimum atomic E-state index is -0.257. The molecule has 4 nitrogen and oxygen atoms in total. The first-order valence-corrected chi connectivity index (χ1v) is 7.96. The average Bonchev–Trinajstić information content (AvgIpc) is 2.36. The van der Waals surface area contributed by atoms with Crippen LogP contribution in [0.15, 0.2) is 0 Å². The summed E-state index contributed by atoms with van der Waals surface area (Å²) >= 11 is 0. The van der Waals surface area contributed by atoms with Gasteiger partial charge in [0.15, 0.2) is 0 Å². The van der Waals surface area contributed by atoms with Gasteiger partial charge in [0.25, 0.3) is 0 Å². The predicted molar refractivity (Wildman–Crippen MR) is 80.6 cm³/mol. The summed E-state index contributed by atoms with van der Waals surface area (Å²) in [4.78, 5) is 16.9. The normalized spacial score (nSPS) is 23.6.